The van der Waals surface area contributed by atoms with Gasteiger partial charge in [0.1, 0.15) is 0 Å². The molecule has 1 aromatic heterocycles. The lowest BCUT2D eigenvalue weighted by atomic mass is 10.3. The maximum absolute atomic E-state index is 10.5. The van der Waals surface area contributed by atoms with Crippen LogP contribution in [0.15, 0.2) is 40.2 Å². The van der Waals surface area contributed by atoms with Gasteiger partial charge in [0, 0.05) is 27.2 Å². The van der Waals surface area contributed by atoms with Crippen LogP contribution in [0.5, 0.6) is 0 Å². The molecular formula is C11H9BrN2O2S. The number of halogens is 1. The molecule has 2 aromatic rings. The molecule has 0 aliphatic heterocycles. The highest BCUT2D eigenvalue weighted by Crippen LogP contribution is 2.24. The van der Waals surface area contributed by atoms with Gasteiger partial charge in [-0.2, -0.15) is 0 Å². The lowest BCUT2D eigenvalue weighted by Gasteiger charge is -2.04. The number of nitro benzene ring substituents is 1. The summed E-state index contributed by atoms with van der Waals surface area (Å²) in [6, 6.07) is 8.40. The Kier molecular flexibility index (Phi) is 3.75. The van der Waals surface area contributed by atoms with E-state index in [0.717, 1.165) is 10.2 Å². The number of thiophene rings is 1. The van der Waals surface area contributed by atoms with Gasteiger partial charge >= 0.3 is 0 Å². The third-order valence-corrected chi connectivity index (χ3v) is 4.15. The smallest absolute Gasteiger partial charge is 0.269 e. The van der Waals surface area contributed by atoms with Gasteiger partial charge in [-0.25, -0.2) is 0 Å². The van der Waals surface area contributed by atoms with Crippen molar-refractivity contribution in [3.8, 4) is 0 Å². The van der Waals surface area contributed by atoms with Crippen LogP contribution in [-0.4, -0.2) is 4.92 Å². The van der Waals surface area contributed by atoms with Crippen molar-refractivity contribution in [3.05, 3.63) is 55.2 Å². The molecule has 0 saturated heterocycles. The van der Waals surface area contributed by atoms with E-state index in [0.29, 0.717) is 6.54 Å². The van der Waals surface area contributed by atoms with Crippen molar-refractivity contribution in [2.75, 3.05) is 5.32 Å². The standard InChI is InChI=1S/C11H9BrN2O2S/c12-10-5-6-17-11(10)7-13-8-1-3-9(4-2-8)14(15)16/h1-6,13H,7H2. The Labute approximate surface area is 111 Å². The zero-order chi connectivity index (χ0) is 12.3. The molecule has 1 N–H and O–H groups in total. The second-order valence-corrected chi connectivity index (χ2v) is 5.20. The van der Waals surface area contributed by atoms with Gasteiger partial charge in [-0.05, 0) is 39.5 Å². The van der Waals surface area contributed by atoms with Crippen LogP contribution >= 0.6 is 27.3 Å². The van der Waals surface area contributed by atoms with Gasteiger partial charge in [-0.3, -0.25) is 10.1 Å². The van der Waals surface area contributed by atoms with Crippen molar-refractivity contribution in [1.82, 2.24) is 0 Å². The SMILES string of the molecule is O=[N+]([O-])c1ccc(NCc2sccc2Br)cc1. The van der Waals surface area contributed by atoms with Gasteiger partial charge in [0.05, 0.1) is 11.5 Å². The Morgan fingerprint density at radius 2 is 2.00 bits per heavy atom. The van der Waals surface area contributed by atoms with Crippen LogP contribution < -0.4 is 5.32 Å². The molecule has 88 valence electrons. The third kappa shape index (κ3) is 3.04. The molecule has 0 fully saturated rings. The summed E-state index contributed by atoms with van der Waals surface area (Å²) in [5, 5.41) is 15.7. The van der Waals surface area contributed by atoms with E-state index < -0.39 is 4.92 Å². The molecule has 0 unspecified atom stereocenters. The fourth-order valence-corrected chi connectivity index (χ4v) is 2.77. The number of nitro groups is 1. The van der Waals surface area contributed by atoms with E-state index in [1.165, 1.54) is 17.0 Å². The minimum Gasteiger partial charge on any atom is -0.380 e. The van der Waals surface area contributed by atoms with E-state index in [2.05, 4.69) is 21.2 Å². The Bertz CT molecular complexity index is 525. The largest absolute Gasteiger partial charge is 0.380 e. The number of non-ortho nitro benzene ring substituents is 1. The predicted octanol–water partition coefficient (Wildman–Crippen LogP) is 4.03. The quantitative estimate of drug-likeness (QED) is 0.685. The Balaban J connectivity index is 2.00. The molecule has 0 atom stereocenters. The van der Waals surface area contributed by atoms with Crippen molar-refractivity contribution in [1.29, 1.82) is 0 Å². The Morgan fingerprint density at radius 3 is 2.53 bits per heavy atom. The summed E-state index contributed by atoms with van der Waals surface area (Å²) in [7, 11) is 0. The Morgan fingerprint density at radius 1 is 1.29 bits per heavy atom. The van der Waals surface area contributed by atoms with Crippen LogP contribution in [0.2, 0.25) is 0 Å². The highest BCUT2D eigenvalue weighted by Gasteiger charge is 2.04. The number of nitrogens with zero attached hydrogens (tertiary/aromatic N) is 1. The summed E-state index contributed by atoms with van der Waals surface area (Å²) in [5.41, 5.74) is 0.976. The van der Waals surface area contributed by atoms with Crippen molar-refractivity contribution in [2.45, 2.75) is 6.54 Å². The summed E-state index contributed by atoms with van der Waals surface area (Å²) in [5.74, 6) is 0. The molecule has 0 saturated carbocycles. The Hall–Kier alpha value is -1.40. The van der Waals surface area contributed by atoms with Crippen LogP contribution in [0, 0.1) is 10.1 Å². The van der Waals surface area contributed by atoms with Crippen LogP contribution in [0.3, 0.4) is 0 Å². The van der Waals surface area contributed by atoms with E-state index in [4.69, 9.17) is 0 Å². The molecule has 0 bridgehead atoms. The molecule has 4 nitrogen and oxygen atoms in total. The molecule has 0 aliphatic carbocycles. The van der Waals surface area contributed by atoms with Crippen molar-refractivity contribution < 1.29 is 4.92 Å². The monoisotopic (exact) mass is 312 g/mol. The third-order valence-electron chi connectivity index (χ3n) is 2.22. The first-order valence-electron chi connectivity index (χ1n) is 4.87. The lowest BCUT2D eigenvalue weighted by molar-refractivity contribution is -0.384. The molecule has 1 aromatic carbocycles. The van der Waals surface area contributed by atoms with Gasteiger partial charge in [-0.1, -0.05) is 0 Å². The van der Waals surface area contributed by atoms with Gasteiger partial charge < -0.3 is 5.32 Å². The number of anilines is 1. The molecule has 0 spiro atoms. The molecule has 6 heteroatoms. The van der Waals surface area contributed by atoms with Crippen molar-refractivity contribution in [2.24, 2.45) is 0 Å². The van der Waals surface area contributed by atoms with Crippen LogP contribution in [0.1, 0.15) is 4.88 Å². The second-order valence-electron chi connectivity index (χ2n) is 3.35. The second kappa shape index (κ2) is 5.29. The number of hydrogen-bond donors (Lipinski definition) is 1. The zero-order valence-corrected chi connectivity index (χ0v) is 11.1. The normalized spacial score (nSPS) is 10.2. The molecule has 0 radical (unpaired) electrons. The topological polar surface area (TPSA) is 55.2 Å². The van der Waals surface area contributed by atoms with Gasteiger partial charge in [0.2, 0.25) is 0 Å². The molecule has 17 heavy (non-hydrogen) atoms. The molecule has 0 aliphatic rings. The first kappa shape index (κ1) is 12.1. The van der Waals surface area contributed by atoms with Crippen molar-refractivity contribution >= 4 is 38.6 Å². The number of benzene rings is 1. The van der Waals surface area contributed by atoms with E-state index in [1.807, 2.05) is 11.4 Å². The number of rotatable bonds is 4. The van der Waals surface area contributed by atoms with Gasteiger partial charge in [0.25, 0.3) is 5.69 Å². The number of hydrogen-bond acceptors (Lipinski definition) is 4. The summed E-state index contributed by atoms with van der Waals surface area (Å²) >= 11 is 5.11. The van der Waals surface area contributed by atoms with Crippen LogP contribution in [-0.2, 0) is 6.54 Å². The zero-order valence-electron chi connectivity index (χ0n) is 8.72. The minimum absolute atomic E-state index is 0.104. The number of nitrogens with one attached hydrogen (secondary N) is 1. The highest BCUT2D eigenvalue weighted by atomic mass is 79.9. The lowest BCUT2D eigenvalue weighted by Crippen LogP contribution is -1.98. The molecular weight excluding hydrogens is 304 g/mol. The molecule has 0 amide bonds. The van der Waals surface area contributed by atoms with E-state index in [9.17, 15) is 10.1 Å². The summed E-state index contributed by atoms with van der Waals surface area (Å²) in [6.07, 6.45) is 0. The summed E-state index contributed by atoms with van der Waals surface area (Å²) < 4.78 is 1.08. The van der Waals surface area contributed by atoms with E-state index in [-0.39, 0.29) is 5.69 Å². The first-order chi connectivity index (χ1) is 8.16. The average Bonchev–Trinajstić information content (AvgIpc) is 2.73. The fourth-order valence-electron chi connectivity index (χ4n) is 1.33. The van der Waals surface area contributed by atoms with Crippen LogP contribution in [0.4, 0.5) is 11.4 Å². The molecule has 2 rings (SSSR count). The fraction of sp³-hybridized carbons (Fsp3) is 0.0909. The van der Waals surface area contributed by atoms with Gasteiger partial charge in [-0.15, -0.1) is 11.3 Å². The maximum Gasteiger partial charge on any atom is 0.269 e. The predicted molar refractivity (Wildman–Crippen MR) is 72.4 cm³/mol. The minimum atomic E-state index is -0.403. The summed E-state index contributed by atoms with van der Waals surface area (Å²) in [4.78, 5) is 11.3. The van der Waals surface area contributed by atoms with E-state index in [1.54, 1.807) is 23.5 Å². The maximum atomic E-state index is 10.5. The van der Waals surface area contributed by atoms with Crippen molar-refractivity contribution in [3.63, 3.8) is 0 Å². The first-order valence-corrected chi connectivity index (χ1v) is 6.54. The molecule has 1 heterocycles. The highest BCUT2D eigenvalue weighted by molar-refractivity contribution is 9.10. The van der Waals surface area contributed by atoms with Crippen LogP contribution in [0.25, 0.3) is 0 Å². The van der Waals surface area contributed by atoms with E-state index >= 15 is 0 Å². The summed E-state index contributed by atoms with van der Waals surface area (Å²) in [6.45, 7) is 0.704. The van der Waals surface area contributed by atoms with Gasteiger partial charge in [0.15, 0.2) is 0 Å². The average molecular weight is 313 g/mol.